The van der Waals surface area contributed by atoms with Gasteiger partial charge in [0.15, 0.2) is 0 Å². The van der Waals surface area contributed by atoms with E-state index in [2.05, 4.69) is 29.0 Å². The van der Waals surface area contributed by atoms with E-state index in [4.69, 9.17) is 9.26 Å². The monoisotopic (exact) mass is 449 g/mol. The van der Waals surface area contributed by atoms with Gasteiger partial charge in [-0.1, -0.05) is 12.1 Å². The van der Waals surface area contributed by atoms with Crippen molar-refractivity contribution in [1.29, 1.82) is 0 Å². The van der Waals surface area contributed by atoms with E-state index < -0.39 is 0 Å². The van der Waals surface area contributed by atoms with E-state index in [1.54, 1.807) is 12.4 Å². The Balaban J connectivity index is 1.22. The fourth-order valence-electron chi connectivity index (χ4n) is 3.96. The maximum atomic E-state index is 12.7. The zero-order valence-electron chi connectivity index (χ0n) is 19.5. The lowest BCUT2D eigenvalue weighted by Gasteiger charge is -2.27. The first-order valence-corrected chi connectivity index (χ1v) is 11.5. The van der Waals surface area contributed by atoms with Crippen LogP contribution in [0.3, 0.4) is 0 Å². The minimum absolute atomic E-state index is 0.0736. The fourth-order valence-corrected chi connectivity index (χ4v) is 3.96. The standard InChI is InChI=1S/C25H31N5O3/c1-4-22-27-23(28-33-22)19-7-9-21(10-8-19)32-25(2,3)13-5-6-16-29-17-18-30(24(29)31)20-11-14-26-15-12-20/h7-12,14-15H,4-6,13,16-18H2,1-3H3. The Kier molecular flexibility index (Phi) is 6.91. The van der Waals surface area contributed by atoms with E-state index in [0.29, 0.717) is 11.7 Å². The highest BCUT2D eigenvalue weighted by Gasteiger charge is 2.29. The molecule has 8 heteroatoms. The third-order valence-corrected chi connectivity index (χ3v) is 5.80. The second-order valence-corrected chi connectivity index (χ2v) is 8.84. The van der Waals surface area contributed by atoms with Crippen molar-refractivity contribution >= 4 is 11.7 Å². The van der Waals surface area contributed by atoms with Crippen LogP contribution in [0.15, 0.2) is 53.3 Å². The summed E-state index contributed by atoms with van der Waals surface area (Å²) in [7, 11) is 0. The summed E-state index contributed by atoms with van der Waals surface area (Å²) in [5, 5.41) is 4.01. The van der Waals surface area contributed by atoms with Crippen LogP contribution in [0.4, 0.5) is 10.5 Å². The lowest BCUT2D eigenvalue weighted by atomic mass is 10.0. The number of rotatable bonds is 10. The van der Waals surface area contributed by atoms with Gasteiger partial charge in [0.05, 0.1) is 0 Å². The zero-order valence-corrected chi connectivity index (χ0v) is 19.5. The van der Waals surface area contributed by atoms with E-state index in [9.17, 15) is 4.79 Å². The van der Waals surface area contributed by atoms with Gasteiger partial charge in [0.1, 0.15) is 11.4 Å². The van der Waals surface area contributed by atoms with Crippen molar-refractivity contribution < 1.29 is 14.1 Å². The van der Waals surface area contributed by atoms with Gasteiger partial charge in [0.2, 0.25) is 11.7 Å². The van der Waals surface area contributed by atoms with Crippen LogP contribution in [0.2, 0.25) is 0 Å². The third-order valence-electron chi connectivity index (χ3n) is 5.80. The highest BCUT2D eigenvalue weighted by molar-refractivity contribution is 5.93. The highest BCUT2D eigenvalue weighted by atomic mass is 16.5. The number of pyridine rings is 1. The Labute approximate surface area is 194 Å². The van der Waals surface area contributed by atoms with Crippen molar-refractivity contribution in [1.82, 2.24) is 20.0 Å². The summed E-state index contributed by atoms with van der Waals surface area (Å²) in [5.74, 6) is 2.04. The van der Waals surface area contributed by atoms with Crippen LogP contribution < -0.4 is 9.64 Å². The van der Waals surface area contributed by atoms with Crippen LogP contribution in [0.1, 0.15) is 45.9 Å². The molecule has 0 unspecified atom stereocenters. The Morgan fingerprint density at radius 3 is 2.52 bits per heavy atom. The Hall–Kier alpha value is -3.42. The molecule has 2 aromatic heterocycles. The molecule has 1 fully saturated rings. The first-order chi connectivity index (χ1) is 15.9. The number of ether oxygens (including phenoxy) is 1. The minimum Gasteiger partial charge on any atom is -0.488 e. The van der Waals surface area contributed by atoms with Crippen LogP contribution in [-0.2, 0) is 6.42 Å². The normalized spacial score (nSPS) is 14.2. The maximum absolute atomic E-state index is 12.7. The van der Waals surface area contributed by atoms with Gasteiger partial charge >= 0.3 is 6.03 Å². The topological polar surface area (TPSA) is 84.6 Å². The van der Waals surface area contributed by atoms with Crippen molar-refractivity contribution in [3.63, 3.8) is 0 Å². The van der Waals surface area contributed by atoms with E-state index in [-0.39, 0.29) is 11.6 Å². The second kappa shape index (κ2) is 10.0. The van der Waals surface area contributed by atoms with Crippen molar-refractivity contribution in [3.05, 3.63) is 54.7 Å². The lowest BCUT2D eigenvalue weighted by molar-refractivity contribution is 0.0956. The van der Waals surface area contributed by atoms with Crippen molar-refractivity contribution in [3.8, 4) is 17.1 Å². The first-order valence-electron chi connectivity index (χ1n) is 11.5. The van der Waals surface area contributed by atoms with Gasteiger partial charge in [0, 0.05) is 49.7 Å². The molecule has 0 spiro atoms. The maximum Gasteiger partial charge on any atom is 0.324 e. The van der Waals surface area contributed by atoms with Gasteiger partial charge in [-0.3, -0.25) is 9.88 Å². The molecular formula is C25H31N5O3. The molecule has 4 rings (SSSR count). The Morgan fingerprint density at radius 2 is 1.82 bits per heavy atom. The molecule has 8 nitrogen and oxygen atoms in total. The van der Waals surface area contributed by atoms with Crippen molar-refractivity contribution in [2.45, 2.75) is 52.1 Å². The van der Waals surface area contributed by atoms with Crippen LogP contribution in [-0.4, -0.2) is 51.3 Å². The number of amides is 2. The fraction of sp³-hybridized carbons (Fsp3) is 0.440. The minimum atomic E-state index is -0.304. The summed E-state index contributed by atoms with van der Waals surface area (Å²) in [6, 6.07) is 11.6. The number of hydrogen-bond acceptors (Lipinski definition) is 6. The van der Waals surface area contributed by atoms with Gasteiger partial charge in [-0.25, -0.2) is 4.79 Å². The average Bonchev–Trinajstić information content (AvgIpc) is 3.44. The Bertz CT molecular complexity index is 1050. The predicted octanol–water partition coefficient (Wildman–Crippen LogP) is 4.96. The molecule has 0 N–H and O–H groups in total. The average molecular weight is 450 g/mol. The van der Waals surface area contributed by atoms with E-state index in [1.165, 1.54) is 0 Å². The summed E-state index contributed by atoms with van der Waals surface area (Å²) < 4.78 is 11.4. The molecule has 0 atom stereocenters. The van der Waals surface area contributed by atoms with Gasteiger partial charge in [-0.05, 0) is 69.5 Å². The first kappa shape index (κ1) is 22.8. The number of anilines is 1. The zero-order chi connectivity index (χ0) is 23.3. The molecule has 1 aromatic carbocycles. The SMILES string of the molecule is CCc1nc(-c2ccc(OC(C)(C)CCCCN3CCN(c4ccncc4)C3=O)cc2)no1. The molecule has 3 heterocycles. The molecule has 1 saturated heterocycles. The number of carbonyl (C=O) groups excluding carboxylic acids is 1. The van der Waals surface area contributed by atoms with Crippen LogP contribution in [0.25, 0.3) is 11.4 Å². The molecule has 2 amide bonds. The smallest absolute Gasteiger partial charge is 0.324 e. The summed E-state index contributed by atoms with van der Waals surface area (Å²) in [6.07, 6.45) is 6.97. The summed E-state index contributed by atoms with van der Waals surface area (Å²) in [6.45, 7) is 8.41. The number of hydrogen-bond donors (Lipinski definition) is 0. The van der Waals surface area contributed by atoms with E-state index in [0.717, 1.165) is 62.3 Å². The van der Waals surface area contributed by atoms with Gasteiger partial charge in [-0.15, -0.1) is 0 Å². The molecule has 1 aliphatic rings. The molecule has 0 bridgehead atoms. The van der Waals surface area contributed by atoms with Crippen LogP contribution >= 0.6 is 0 Å². The van der Waals surface area contributed by atoms with Crippen LogP contribution in [0, 0.1) is 0 Å². The molecule has 33 heavy (non-hydrogen) atoms. The molecule has 0 radical (unpaired) electrons. The van der Waals surface area contributed by atoms with Gasteiger partial charge in [0.25, 0.3) is 0 Å². The van der Waals surface area contributed by atoms with Gasteiger partial charge < -0.3 is 14.2 Å². The molecule has 174 valence electrons. The number of aromatic nitrogens is 3. The summed E-state index contributed by atoms with van der Waals surface area (Å²) >= 11 is 0. The molecule has 3 aromatic rings. The highest BCUT2D eigenvalue weighted by Crippen LogP contribution is 2.26. The molecule has 1 aliphatic heterocycles. The van der Waals surface area contributed by atoms with Crippen LogP contribution in [0.5, 0.6) is 5.75 Å². The van der Waals surface area contributed by atoms with Gasteiger partial charge in [-0.2, -0.15) is 4.98 Å². The van der Waals surface area contributed by atoms with Crippen molar-refractivity contribution in [2.75, 3.05) is 24.5 Å². The largest absolute Gasteiger partial charge is 0.488 e. The number of benzene rings is 1. The number of unbranched alkanes of at least 4 members (excludes halogenated alkanes) is 1. The quantitative estimate of drug-likeness (QED) is 0.407. The second-order valence-electron chi connectivity index (χ2n) is 8.84. The lowest BCUT2D eigenvalue weighted by Crippen LogP contribution is -2.33. The summed E-state index contributed by atoms with van der Waals surface area (Å²) in [5.41, 5.74) is 1.50. The number of carbonyl (C=O) groups is 1. The van der Waals surface area contributed by atoms with E-state index >= 15 is 0 Å². The van der Waals surface area contributed by atoms with Crippen molar-refractivity contribution in [2.24, 2.45) is 0 Å². The molecule has 0 saturated carbocycles. The number of urea groups is 1. The third kappa shape index (κ3) is 5.69. The molecule has 0 aliphatic carbocycles. The number of nitrogens with zero attached hydrogens (tertiary/aromatic N) is 5. The van der Waals surface area contributed by atoms with E-state index in [1.807, 2.05) is 53.1 Å². The Morgan fingerprint density at radius 1 is 1.06 bits per heavy atom. The predicted molar refractivity (Wildman–Crippen MR) is 126 cm³/mol. The summed E-state index contributed by atoms with van der Waals surface area (Å²) in [4.78, 5) is 24.8. The number of aryl methyl sites for hydroxylation is 1. The molecular weight excluding hydrogens is 418 g/mol.